The molecule has 1 heterocycles. The van der Waals surface area contributed by atoms with Crippen molar-refractivity contribution >= 4 is 0 Å². The van der Waals surface area contributed by atoms with E-state index in [1.807, 2.05) is 6.33 Å². The van der Waals surface area contributed by atoms with Crippen molar-refractivity contribution in [2.45, 2.75) is 45.1 Å². The van der Waals surface area contributed by atoms with E-state index >= 15 is 0 Å². The van der Waals surface area contributed by atoms with Gasteiger partial charge in [-0.25, -0.2) is 4.98 Å². The van der Waals surface area contributed by atoms with Gasteiger partial charge >= 0.3 is 0 Å². The lowest BCUT2D eigenvalue weighted by molar-refractivity contribution is 0.279. The van der Waals surface area contributed by atoms with E-state index < -0.39 is 0 Å². The molecular weight excluding hydrogens is 222 g/mol. The van der Waals surface area contributed by atoms with Crippen molar-refractivity contribution in [3.63, 3.8) is 0 Å². The molecule has 2 aliphatic carbocycles. The van der Waals surface area contributed by atoms with Gasteiger partial charge in [0.1, 0.15) is 0 Å². The van der Waals surface area contributed by atoms with Crippen molar-refractivity contribution in [2.24, 2.45) is 24.8 Å². The fourth-order valence-electron chi connectivity index (χ4n) is 4.14. The molecule has 2 aliphatic rings. The van der Waals surface area contributed by atoms with Crippen molar-refractivity contribution in [3.05, 3.63) is 18.2 Å². The summed E-state index contributed by atoms with van der Waals surface area (Å²) in [6.45, 7) is 3.22. The van der Waals surface area contributed by atoms with Crippen molar-refractivity contribution in [2.75, 3.05) is 6.54 Å². The first-order valence-corrected chi connectivity index (χ1v) is 7.47. The van der Waals surface area contributed by atoms with Crippen LogP contribution in [0.25, 0.3) is 0 Å². The van der Waals surface area contributed by atoms with E-state index in [1.165, 1.54) is 37.8 Å². The third-order valence-corrected chi connectivity index (χ3v) is 4.96. The van der Waals surface area contributed by atoms with Gasteiger partial charge in [0, 0.05) is 13.2 Å². The molecule has 0 saturated heterocycles. The Kier molecular flexibility index (Phi) is 3.42. The molecule has 2 bridgehead atoms. The van der Waals surface area contributed by atoms with Gasteiger partial charge in [-0.2, -0.15) is 0 Å². The van der Waals surface area contributed by atoms with E-state index in [-0.39, 0.29) is 0 Å². The molecule has 0 amide bonds. The molecule has 4 unspecified atom stereocenters. The van der Waals surface area contributed by atoms with Crippen molar-refractivity contribution < 1.29 is 0 Å². The van der Waals surface area contributed by atoms with Gasteiger partial charge in [-0.1, -0.05) is 13.3 Å². The monoisotopic (exact) mass is 247 g/mol. The van der Waals surface area contributed by atoms with Crippen LogP contribution in [0.3, 0.4) is 0 Å². The predicted octanol–water partition coefficient (Wildman–Crippen LogP) is 2.90. The Bertz CT molecular complexity index is 398. The molecule has 0 aliphatic heterocycles. The molecular formula is C15H25N3. The fourth-order valence-corrected chi connectivity index (χ4v) is 4.14. The van der Waals surface area contributed by atoms with Crippen molar-refractivity contribution in [1.82, 2.24) is 14.9 Å². The molecule has 1 aromatic heterocycles. The van der Waals surface area contributed by atoms with E-state index in [0.29, 0.717) is 6.04 Å². The standard InChI is InChI=1S/C15H25N3/c1-3-16-14(15-9-18(2)10-17-15)8-13-7-11-4-5-12(13)6-11/h9-14,16H,3-8H2,1-2H3. The summed E-state index contributed by atoms with van der Waals surface area (Å²) in [6, 6.07) is 0.459. The Morgan fingerprint density at radius 2 is 2.33 bits per heavy atom. The Morgan fingerprint density at radius 3 is 2.89 bits per heavy atom. The third-order valence-electron chi connectivity index (χ3n) is 4.96. The second-order valence-corrected chi connectivity index (χ2v) is 6.24. The van der Waals surface area contributed by atoms with Crippen LogP contribution in [0.2, 0.25) is 0 Å². The van der Waals surface area contributed by atoms with Gasteiger partial charge in [-0.15, -0.1) is 0 Å². The van der Waals surface area contributed by atoms with Crippen LogP contribution in [-0.2, 0) is 7.05 Å². The molecule has 2 fully saturated rings. The van der Waals surface area contributed by atoms with Gasteiger partial charge in [0.2, 0.25) is 0 Å². The summed E-state index contributed by atoms with van der Waals surface area (Å²) in [6.07, 6.45) is 11.3. The Labute approximate surface area is 110 Å². The quantitative estimate of drug-likeness (QED) is 0.867. The number of aromatic nitrogens is 2. The lowest BCUT2D eigenvalue weighted by Crippen LogP contribution is -2.25. The second kappa shape index (κ2) is 5.04. The lowest BCUT2D eigenvalue weighted by atomic mass is 9.83. The summed E-state index contributed by atoms with van der Waals surface area (Å²) in [5.41, 5.74) is 1.22. The molecule has 3 heteroatoms. The summed E-state index contributed by atoms with van der Waals surface area (Å²) in [5.74, 6) is 3.00. The van der Waals surface area contributed by atoms with E-state index in [4.69, 9.17) is 0 Å². The lowest BCUT2D eigenvalue weighted by Gasteiger charge is -2.26. The maximum absolute atomic E-state index is 4.54. The SMILES string of the molecule is CCNC(CC1CC2CCC1C2)c1cn(C)cn1. The molecule has 0 spiro atoms. The van der Waals surface area contributed by atoms with Crippen LogP contribution in [0, 0.1) is 17.8 Å². The maximum atomic E-state index is 4.54. The largest absolute Gasteiger partial charge is 0.340 e. The molecule has 0 aromatic carbocycles. The smallest absolute Gasteiger partial charge is 0.0947 e. The van der Waals surface area contributed by atoms with Crippen LogP contribution in [0.5, 0.6) is 0 Å². The number of fused-ring (bicyclic) bond motifs is 2. The Hall–Kier alpha value is -0.830. The normalized spacial score (nSPS) is 32.0. The molecule has 3 rings (SSSR count). The number of hydrogen-bond acceptors (Lipinski definition) is 2. The number of nitrogens with zero attached hydrogens (tertiary/aromatic N) is 2. The van der Waals surface area contributed by atoms with Crippen LogP contribution < -0.4 is 5.32 Å². The van der Waals surface area contributed by atoms with Gasteiger partial charge in [0.05, 0.1) is 18.1 Å². The van der Waals surface area contributed by atoms with Crippen LogP contribution in [-0.4, -0.2) is 16.1 Å². The summed E-state index contributed by atoms with van der Waals surface area (Å²) in [5, 5.41) is 3.62. The first-order chi connectivity index (χ1) is 8.76. The molecule has 4 atom stereocenters. The Morgan fingerprint density at radius 1 is 1.44 bits per heavy atom. The molecule has 1 aromatic rings. The Balaban J connectivity index is 1.67. The highest BCUT2D eigenvalue weighted by Crippen LogP contribution is 2.50. The fraction of sp³-hybridized carbons (Fsp3) is 0.800. The highest BCUT2D eigenvalue weighted by atomic mass is 15.0. The topological polar surface area (TPSA) is 29.9 Å². The van der Waals surface area contributed by atoms with Crippen LogP contribution in [0.4, 0.5) is 0 Å². The molecule has 3 nitrogen and oxygen atoms in total. The van der Waals surface area contributed by atoms with E-state index in [2.05, 4.69) is 35.0 Å². The highest BCUT2D eigenvalue weighted by Gasteiger charge is 2.40. The number of rotatable bonds is 5. The summed E-state index contributed by atoms with van der Waals surface area (Å²) in [7, 11) is 2.05. The minimum atomic E-state index is 0.459. The van der Waals surface area contributed by atoms with Gasteiger partial charge in [-0.3, -0.25) is 0 Å². The molecule has 100 valence electrons. The number of hydrogen-bond donors (Lipinski definition) is 1. The number of nitrogens with one attached hydrogen (secondary N) is 1. The van der Waals surface area contributed by atoms with E-state index in [1.54, 1.807) is 0 Å². The predicted molar refractivity (Wildman–Crippen MR) is 73.2 cm³/mol. The van der Waals surface area contributed by atoms with Crippen LogP contribution in [0.15, 0.2) is 12.5 Å². The highest BCUT2D eigenvalue weighted by molar-refractivity contribution is 5.05. The first-order valence-electron chi connectivity index (χ1n) is 7.47. The zero-order valence-electron chi connectivity index (χ0n) is 11.6. The number of aryl methyl sites for hydroxylation is 1. The minimum Gasteiger partial charge on any atom is -0.340 e. The molecule has 0 radical (unpaired) electrons. The molecule has 18 heavy (non-hydrogen) atoms. The van der Waals surface area contributed by atoms with E-state index in [0.717, 1.165) is 24.3 Å². The minimum absolute atomic E-state index is 0.459. The van der Waals surface area contributed by atoms with Crippen LogP contribution in [0.1, 0.15) is 50.8 Å². The second-order valence-electron chi connectivity index (χ2n) is 6.24. The van der Waals surface area contributed by atoms with Gasteiger partial charge in [0.25, 0.3) is 0 Å². The summed E-state index contributed by atoms with van der Waals surface area (Å²) < 4.78 is 2.06. The van der Waals surface area contributed by atoms with E-state index in [9.17, 15) is 0 Å². The van der Waals surface area contributed by atoms with Gasteiger partial charge in [0.15, 0.2) is 0 Å². The first kappa shape index (κ1) is 12.2. The third kappa shape index (κ3) is 2.33. The average Bonchev–Trinajstić information content (AvgIpc) is 3.04. The molecule has 1 N–H and O–H groups in total. The van der Waals surface area contributed by atoms with Gasteiger partial charge < -0.3 is 9.88 Å². The van der Waals surface area contributed by atoms with Crippen molar-refractivity contribution in [3.8, 4) is 0 Å². The summed E-state index contributed by atoms with van der Waals surface area (Å²) >= 11 is 0. The zero-order valence-corrected chi connectivity index (χ0v) is 11.6. The van der Waals surface area contributed by atoms with Crippen LogP contribution >= 0.6 is 0 Å². The maximum Gasteiger partial charge on any atom is 0.0947 e. The zero-order chi connectivity index (χ0) is 12.5. The number of imidazole rings is 1. The van der Waals surface area contributed by atoms with Crippen molar-refractivity contribution in [1.29, 1.82) is 0 Å². The summed E-state index contributed by atoms with van der Waals surface area (Å²) in [4.78, 5) is 4.54. The molecule has 2 saturated carbocycles. The average molecular weight is 247 g/mol. The van der Waals surface area contributed by atoms with Gasteiger partial charge in [-0.05, 0) is 50.0 Å².